The third-order valence-corrected chi connectivity index (χ3v) is 4.16. The molecule has 0 bridgehead atoms. The lowest BCUT2D eigenvalue weighted by molar-refractivity contribution is 0.364. The fourth-order valence-electron chi connectivity index (χ4n) is 3.07. The molecule has 5 nitrogen and oxygen atoms in total. The van der Waals surface area contributed by atoms with E-state index in [4.69, 9.17) is 0 Å². The largest absolute Gasteiger partial charge is 0.352 e. The smallest absolute Gasteiger partial charge is 0.135 e. The minimum Gasteiger partial charge on any atom is -0.352 e. The summed E-state index contributed by atoms with van der Waals surface area (Å²) in [6, 6.07) is 2.47. The maximum absolute atomic E-state index is 4.51. The Hall–Kier alpha value is -1.91. The van der Waals surface area contributed by atoms with Gasteiger partial charge >= 0.3 is 0 Å². The summed E-state index contributed by atoms with van der Waals surface area (Å²) in [5.74, 6) is 1.16. The number of aryl methyl sites for hydroxylation is 1. The van der Waals surface area contributed by atoms with Crippen molar-refractivity contribution in [3.63, 3.8) is 0 Å². The topological polar surface area (TPSA) is 46.8 Å². The molecule has 2 aromatic heterocycles. The van der Waals surface area contributed by atoms with Crippen LogP contribution in [-0.2, 0) is 12.8 Å². The summed E-state index contributed by atoms with van der Waals surface area (Å²) in [6.45, 7) is 2.01. The van der Waals surface area contributed by atoms with Crippen LogP contribution in [0.1, 0.15) is 30.1 Å². The van der Waals surface area contributed by atoms with Gasteiger partial charge in [0.1, 0.15) is 12.1 Å². The van der Waals surface area contributed by atoms with Gasteiger partial charge in [-0.1, -0.05) is 0 Å². The minimum absolute atomic E-state index is 0.490. The first-order valence-electron chi connectivity index (χ1n) is 6.98. The van der Waals surface area contributed by atoms with Crippen molar-refractivity contribution in [2.24, 2.45) is 0 Å². The number of fused-ring (bicyclic) bond motifs is 1. The molecule has 0 aromatic carbocycles. The molecule has 0 amide bonds. The van der Waals surface area contributed by atoms with Gasteiger partial charge in [0, 0.05) is 36.7 Å². The van der Waals surface area contributed by atoms with Crippen molar-refractivity contribution in [1.29, 1.82) is 0 Å². The first kappa shape index (κ1) is 11.0. The second kappa shape index (κ2) is 4.33. The summed E-state index contributed by atoms with van der Waals surface area (Å²) >= 11 is 0. The first-order chi connectivity index (χ1) is 9.42. The van der Waals surface area contributed by atoms with Crippen LogP contribution in [0.3, 0.4) is 0 Å². The SMILES string of the molecule is c1cnn(C2CN(c3ncnc4c3CCCC4)C2)c1. The molecule has 2 aliphatic rings. The Morgan fingerprint density at radius 2 is 2.00 bits per heavy atom. The van der Waals surface area contributed by atoms with E-state index in [1.54, 1.807) is 6.33 Å². The number of hydrogen-bond acceptors (Lipinski definition) is 4. The van der Waals surface area contributed by atoms with Gasteiger partial charge in [-0.15, -0.1) is 0 Å². The van der Waals surface area contributed by atoms with E-state index in [0.717, 1.165) is 31.7 Å². The Kier molecular flexibility index (Phi) is 2.50. The lowest BCUT2D eigenvalue weighted by Gasteiger charge is -2.41. The van der Waals surface area contributed by atoms with Crippen molar-refractivity contribution >= 4 is 5.82 Å². The third-order valence-electron chi connectivity index (χ3n) is 4.16. The molecular formula is C14H17N5. The first-order valence-corrected chi connectivity index (χ1v) is 6.98. The van der Waals surface area contributed by atoms with E-state index in [0.29, 0.717) is 6.04 Å². The van der Waals surface area contributed by atoms with E-state index in [2.05, 4.69) is 20.0 Å². The average Bonchev–Trinajstić information content (AvgIpc) is 2.91. The molecular weight excluding hydrogens is 238 g/mol. The van der Waals surface area contributed by atoms with Crippen molar-refractivity contribution < 1.29 is 0 Å². The molecule has 0 N–H and O–H groups in total. The molecule has 0 radical (unpaired) electrons. The molecule has 1 aliphatic heterocycles. The van der Waals surface area contributed by atoms with Crippen LogP contribution in [0.4, 0.5) is 5.82 Å². The summed E-state index contributed by atoms with van der Waals surface area (Å²) in [6.07, 6.45) is 10.4. The van der Waals surface area contributed by atoms with E-state index in [9.17, 15) is 0 Å². The zero-order valence-corrected chi connectivity index (χ0v) is 10.9. The fraction of sp³-hybridized carbons (Fsp3) is 0.500. The molecule has 4 rings (SSSR count). The fourth-order valence-corrected chi connectivity index (χ4v) is 3.07. The number of nitrogens with zero attached hydrogens (tertiary/aromatic N) is 5. The van der Waals surface area contributed by atoms with Crippen molar-refractivity contribution in [2.75, 3.05) is 18.0 Å². The van der Waals surface area contributed by atoms with Gasteiger partial charge < -0.3 is 4.90 Å². The van der Waals surface area contributed by atoms with Gasteiger partial charge in [0.25, 0.3) is 0 Å². The second-order valence-corrected chi connectivity index (χ2v) is 5.37. The van der Waals surface area contributed by atoms with Crippen molar-refractivity contribution in [3.05, 3.63) is 36.0 Å². The zero-order valence-electron chi connectivity index (χ0n) is 10.9. The van der Waals surface area contributed by atoms with Crippen LogP contribution in [0.5, 0.6) is 0 Å². The van der Waals surface area contributed by atoms with Gasteiger partial charge in [-0.2, -0.15) is 5.10 Å². The number of anilines is 1. The highest BCUT2D eigenvalue weighted by Gasteiger charge is 2.32. The van der Waals surface area contributed by atoms with Gasteiger partial charge in [-0.05, 0) is 31.7 Å². The van der Waals surface area contributed by atoms with Crippen LogP contribution in [0.15, 0.2) is 24.8 Å². The lowest BCUT2D eigenvalue weighted by atomic mass is 9.95. The Bertz CT molecular complexity index is 572. The summed E-state index contributed by atoms with van der Waals surface area (Å²) in [5, 5.41) is 4.31. The van der Waals surface area contributed by atoms with Crippen molar-refractivity contribution in [2.45, 2.75) is 31.7 Å². The maximum Gasteiger partial charge on any atom is 0.135 e. The van der Waals surface area contributed by atoms with Crippen molar-refractivity contribution in [3.8, 4) is 0 Å². The van der Waals surface area contributed by atoms with E-state index in [1.807, 2.05) is 23.1 Å². The second-order valence-electron chi connectivity index (χ2n) is 5.37. The molecule has 1 aliphatic carbocycles. The number of rotatable bonds is 2. The summed E-state index contributed by atoms with van der Waals surface area (Å²) in [4.78, 5) is 11.3. The molecule has 3 heterocycles. The highest BCUT2D eigenvalue weighted by molar-refractivity contribution is 5.51. The zero-order chi connectivity index (χ0) is 12.7. The van der Waals surface area contributed by atoms with Crippen LogP contribution in [0.25, 0.3) is 0 Å². The monoisotopic (exact) mass is 255 g/mol. The summed E-state index contributed by atoms with van der Waals surface area (Å²) < 4.78 is 2.05. The van der Waals surface area contributed by atoms with E-state index >= 15 is 0 Å². The third kappa shape index (κ3) is 1.80. The Morgan fingerprint density at radius 3 is 2.84 bits per heavy atom. The quantitative estimate of drug-likeness (QED) is 0.818. The van der Waals surface area contributed by atoms with Gasteiger partial charge in [0.2, 0.25) is 0 Å². The molecule has 5 heteroatoms. The molecule has 0 unspecified atom stereocenters. The molecule has 1 fully saturated rings. The van der Waals surface area contributed by atoms with Crippen LogP contribution < -0.4 is 4.90 Å². The van der Waals surface area contributed by atoms with Gasteiger partial charge in [-0.25, -0.2) is 9.97 Å². The van der Waals surface area contributed by atoms with E-state index < -0.39 is 0 Å². The maximum atomic E-state index is 4.51. The molecule has 2 aromatic rings. The number of hydrogen-bond donors (Lipinski definition) is 0. The Balaban J connectivity index is 1.55. The molecule has 1 saturated heterocycles. The van der Waals surface area contributed by atoms with Crippen LogP contribution in [0.2, 0.25) is 0 Å². The molecule has 0 atom stereocenters. The standard InChI is InChI=1S/C14H17N5/c1-2-5-13-12(4-1)14(16-10-15-13)18-8-11(9-18)19-7-3-6-17-19/h3,6-7,10-11H,1-2,4-5,8-9H2. The van der Waals surface area contributed by atoms with Crippen LogP contribution in [-0.4, -0.2) is 32.8 Å². The average molecular weight is 255 g/mol. The van der Waals surface area contributed by atoms with Gasteiger partial charge in [0.15, 0.2) is 0 Å². The number of aromatic nitrogens is 4. The predicted molar refractivity (Wildman–Crippen MR) is 72.2 cm³/mol. The summed E-state index contributed by atoms with van der Waals surface area (Å²) in [7, 11) is 0. The molecule has 0 saturated carbocycles. The molecule has 19 heavy (non-hydrogen) atoms. The van der Waals surface area contributed by atoms with E-state index in [-0.39, 0.29) is 0 Å². The molecule has 0 spiro atoms. The van der Waals surface area contributed by atoms with Crippen LogP contribution in [0, 0.1) is 0 Å². The Labute approximate surface area is 112 Å². The van der Waals surface area contributed by atoms with Crippen molar-refractivity contribution in [1.82, 2.24) is 19.7 Å². The minimum atomic E-state index is 0.490. The van der Waals surface area contributed by atoms with Gasteiger partial charge in [0.05, 0.1) is 6.04 Å². The lowest BCUT2D eigenvalue weighted by Crippen LogP contribution is -2.49. The van der Waals surface area contributed by atoms with E-state index in [1.165, 1.54) is 24.1 Å². The predicted octanol–water partition coefficient (Wildman–Crippen LogP) is 1.61. The van der Waals surface area contributed by atoms with Crippen LogP contribution >= 0.6 is 0 Å². The highest BCUT2D eigenvalue weighted by Crippen LogP contribution is 2.32. The van der Waals surface area contributed by atoms with Gasteiger partial charge in [-0.3, -0.25) is 4.68 Å². The summed E-state index contributed by atoms with van der Waals surface area (Å²) in [5.41, 5.74) is 2.64. The molecule has 98 valence electrons. The normalized spacial score (nSPS) is 19.1. The highest BCUT2D eigenvalue weighted by atomic mass is 15.4. The Morgan fingerprint density at radius 1 is 1.11 bits per heavy atom.